The van der Waals surface area contributed by atoms with Crippen molar-refractivity contribution >= 4 is 10.9 Å². The van der Waals surface area contributed by atoms with Gasteiger partial charge in [0.15, 0.2) is 0 Å². The summed E-state index contributed by atoms with van der Waals surface area (Å²) in [4.78, 5) is 12.9. The topological polar surface area (TPSA) is 64.7 Å². The van der Waals surface area contributed by atoms with E-state index in [2.05, 4.69) is 15.0 Å². The number of nitrogens with zero attached hydrogens (tertiary/aromatic N) is 3. The van der Waals surface area contributed by atoms with Crippen LogP contribution in [0.4, 0.5) is 0 Å². The molecule has 2 N–H and O–H groups in total. The first kappa shape index (κ1) is 11.7. The van der Waals surface area contributed by atoms with Crippen molar-refractivity contribution in [1.82, 2.24) is 15.0 Å². The molecular weight excluding hydrogens is 236 g/mol. The third-order valence-corrected chi connectivity index (χ3v) is 3.11. The normalized spacial score (nSPS) is 12.5. The van der Waals surface area contributed by atoms with Crippen LogP contribution in [0.2, 0.25) is 0 Å². The minimum Gasteiger partial charge on any atom is -0.319 e. The number of fused-ring (bicyclic) bond motifs is 1. The molecule has 0 saturated carbocycles. The van der Waals surface area contributed by atoms with Gasteiger partial charge in [-0.25, -0.2) is 0 Å². The Balaban J connectivity index is 2.19. The van der Waals surface area contributed by atoms with Crippen LogP contribution in [-0.2, 0) is 0 Å². The molecule has 1 aromatic carbocycles. The van der Waals surface area contributed by atoms with E-state index in [1.807, 2.05) is 37.3 Å². The molecule has 0 bridgehead atoms. The van der Waals surface area contributed by atoms with E-state index in [-0.39, 0.29) is 6.04 Å². The zero-order valence-corrected chi connectivity index (χ0v) is 10.6. The standard InChI is InChI=1S/C15H14N4/c1-10-8-12(11-4-2-3-5-13(11)19-10)15(16)14-9-17-6-7-18-14/h2-9,15H,16H2,1H3. The maximum Gasteiger partial charge on any atom is 0.0799 e. The highest BCUT2D eigenvalue weighted by molar-refractivity contribution is 5.83. The van der Waals surface area contributed by atoms with Gasteiger partial charge in [0, 0.05) is 23.5 Å². The molecule has 0 aliphatic carbocycles. The predicted octanol–water partition coefficient (Wildman–Crippen LogP) is 2.38. The number of nitrogens with two attached hydrogens (primary N) is 1. The van der Waals surface area contributed by atoms with Gasteiger partial charge < -0.3 is 5.73 Å². The Kier molecular flexibility index (Phi) is 2.93. The maximum atomic E-state index is 6.32. The van der Waals surface area contributed by atoms with Gasteiger partial charge in [-0.1, -0.05) is 18.2 Å². The van der Waals surface area contributed by atoms with Crippen molar-refractivity contribution in [3.05, 3.63) is 65.9 Å². The average Bonchev–Trinajstić information content (AvgIpc) is 2.46. The van der Waals surface area contributed by atoms with Gasteiger partial charge in [-0.3, -0.25) is 15.0 Å². The fourth-order valence-electron chi connectivity index (χ4n) is 2.23. The minimum atomic E-state index is -0.291. The summed E-state index contributed by atoms with van der Waals surface area (Å²) >= 11 is 0. The van der Waals surface area contributed by atoms with Crippen molar-refractivity contribution in [2.45, 2.75) is 13.0 Å². The highest BCUT2D eigenvalue weighted by atomic mass is 14.8. The summed E-state index contributed by atoms with van der Waals surface area (Å²) in [6.45, 7) is 1.97. The average molecular weight is 250 g/mol. The van der Waals surface area contributed by atoms with Crippen LogP contribution < -0.4 is 5.73 Å². The first-order valence-corrected chi connectivity index (χ1v) is 6.13. The number of aromatic nitrogens is 3. The van der Waals surface area contributed by atoms with Gasteiger partial charge in [0.25, 0.3) is 0 Å². The predicted molar refractivity (Wildman–Crippen MR) is 74.5 cm³/mol. The zero-order chi connectivity index (χ0) is 13.2. The molecule has 0 fully saturated rings. The van der Waals surface area contributed by atoms with Crippen LogP contribution in [0.15, 0.2) is 48.9 Å². The van der Waals surface area contributed by atoms with Gasteiger partial charge in [0.05, 0.1) is 23.4 Å². The smallest absolute Gasteiger partial charge is 0.0799 e. The molecule has 3 rings (SSSR count). The van der Waals surface area contributed by atoms with E-state index in [1.54, 1.807) is 18.6 Å². The van der Waals surface area contributed by atoms with E-state index in [4.69, 9.17) is 5.73 Å². The Labute approximate surface area is 111 Å². The highest BCUT2D eigenvalue weighted by Crippen LogP contribution is 2.25. The molecule has 0 saturated heterocycles. The minimum absolute atomic E-state index is 0.291. The Morgan fingerprint density at radius 2 is 2.00 bits per heavy atom. The third-order valence-electron chi connectivity index (χ3n) is 3.11. The van der Waals surface area contributed by atoms with Crippen molar-refractivity contribution in [3.8, 4) is 0 Å². The quantitative estimate of drug-likeness (QED) is 0.758. The van der Waals surface area contributed by atoms with Crippen LogP contribution in [0.1, 0.15) is 23.0 Å². The van der Waals surface area contributed by atoms with E-state index in [1.165, 1.54) is 0 Å². The summed E-state index contributed by atoms with van der Waals surface area (Å²) in [6.07, 6.45) is 5.01. The van der Waals surface area contributed by atoms with Crippen LogP contribution in [0.5, 0.6) is 0 Å². The van der Waals surface area contributed by atoms with Crippen molar-refractivity contribution < 1.29 is 0 Å². The van der Waals surface area contributed by atoms with Gasteiger partial charge in [-0.15, -0.1) is 0 Å². The van der Waals surface area contributed by atoms with Gasteiger partial charge in [-0.05, 0) is 24.6 Å². The number of benzene rings is 1. The molecule has 2 heterocycles. The summed E-state index contributed by atoms with van der Waals surface area (Å²) in [5, 5.41) is 1.06. The molecule has 0 amide bonds. The molecule has 0 aliphatic heterocycles. The number of rotatable bonds is 2. The Morgan fingerprint density at radius 3 is 2.79 bits per heavy atom. The van der Waals surface area contributed by atoms with Crippen molar-refractivity contribution in [2.75, 3.05) is 0 Å². The van der Waals surface area contributed by atoms with Crippen molar-refractivity contribution in [3.63, 3.8) is 0 Å². The van der Waals surface area contributed by atoms with Crippen LogP contribution in [-0.4, -0.2) is 15.0 Å². The van der Waals surface area contributed by atoms with E-state index in [0.29, 0.717) is 0 Å². The Hall–Kier alpha value is -2.33. The Bertz CT molecular complexity index is 710. The van der Waals surface area contributed by atoms with E-state index in [9.17, 15) is 0 Å². The summed E-state index contributed by atoms with van der Waals surface area (Å²) in [6, 6.07) is 9.73. The number of hydrogen-bond donors (Lipinski definition) is 1. The fraction of sp³-hybridized carbons (Fsp3) is 0.133. The van der Waals surface area contributed by atoms with Gasteiger partial charge >= 0.3 is 0 Å². The molecule has 4 nitrogen and oxygen atoms in total. The lowest BCUT2D eigenvalue weighted by Gasteiger charge is -2.14. The van der Waals surface area contributed by atoms with Crippen LogP contribution in [0, 0.1) is 6.92 Å². The second-order valence-corrected chi connectivity index (χ2v) is 4.48. The largest absolute Gasteiger partial charge is 0.319 e. The number of para-hydroxylation sites is 1. The van der Waals surface area contributed by atoms with E-state index in [0.717, 1.165) is 27.9 Å². The fourth-order valence-corrected chi connectivity index (χ4v) is 2.23. The lowest BCUT2D eigenvalue weighted by Crippen LogP contribution is -2.14. The van der Waals surface area contributed by atoms with Crippen molar-refractivity contribution in [1.29, 1.82) is 0 Å². The summed E-state index contributed by atoms with van der Waals surface area (Å²) in [5.41, 5.74) is 10.0. The zero-order valence-electron chi connectivity index (χ0n) is 10.6. The number of aryl methyl sites for hydroxylation is 1. The molecule has 0 aliphatic rings. The van der Waals surface area contributed by atoms with E-state index < -0.39 is 0 Å². The monoisotopic (exact) mass is 250 g/mol. The van der Waals surface area contributed by atoms with Crippen LogP contribution in [0.25, 0.3) is 10.9 Å². The van der Waals surface area contributed by atoms with Crippen LogP contribution >= 0.6 is 0 Å². The van der Waals surface area contributed by atoms with Gasteiger partial charge in [0.1, 0.15) is 0 Å². The first-order chi connectivity index (χ1) is 9.25. The SMILES string of the molecule is Cc1cc(C(N)c2cnccn2)c2ccccc2n1. The van der Waals surface area contributed by atoms with E-state index >= 15 is 0 Å². The molecular formula is C15H14N4. The van der Waals surface area contributed by atoms with Gasteiger partial charge in [0.2, 0.25) is 0 Å². The maximum absolute atomic E-state index is 6.32. The molecule has 94 valence electrons. The lowest BCUT2D eigenvalue weighted by molar-refractivity contribution is 0.822. The highest BCUT2D eigenvalue weighted by Gasteiger charge is 2.14. The molecule has 1 atom stereocenters. The molecule has 0 radical (unpaired) electrons. The number of hydrogen-bond acceptors (Lipinski definition) is 4. The van der Waals surface area contributed by atoms with Gasteiger partial charge in [-0.2, -0.15) is 0 Å². The second kappa shape index (κ2) is 4.74. The Morgan fingerprint density at radius 1 is 1.16 bits per heavy atom. The molecule has 3 aromatic rings. The third kappa shape index (κ3) is 2.18. The number of pyridine rings is 1. The summed E-state index contributed by atoms with van der Waals surface area (Å²) in [5.74, 6) is 0. The molecule has 1 unspecified atom stereocenters. The summed E-state index contributed by atoms with van der Waals surface area (Å²) < 4.78 is 0. The van der Waals surface area contributed by atoms with Crippen molar-refractivity contribution in [2.24, 2.45) is 5.73 Å². The summed E-state index contributed by atoms with van der Waals surface area (Å²) in [7, 11) is 0. The molecule has 19 heavy (non-hydrogen) atoms. The molecule has 0 spiro atoms. The molecule has 2 aromatic heterocycles. The van der Waals surface area contributed by atoms with Crippen LogP contribution in [0.3, 0.4) is 0 Å². The molecule has 4 heteroatoms. The lowest BCUT2D eigenvalue weighted by atomic mass is 9.99. The second-order valence-electron chi connectivity index (χ2n) is 4.48. The first-order valence-electron chi connectivity index (χ1n) is 6.13.